The smallest absolute Gasteiger partial charge is 0.252 e. The normalized spacial score (nSPS) is 19.2. The van der Waals surface area contributed by atoms with Crippen LogP contribution in [0.4, 0.5) is 17.6 Å². The summed E-state index contributed by atoms with van der Waals surface area (Å²) in [6.07, 6.45) is 8.15. The van der Waals surface area contributed by atoms with Crippen LogP contribution in [0.2, 0.25) is 0 Å². The van der Waals surface area contributed by atoms with E-state index in [1.807, 2.05) is 13.1 Å². The molecule has 0 bridgehead atoms. The molecule has 4 heterocycles. The molecule has 6 rings (SSSR count). The number of benzene rings is 1. The van der Waals surface area contributed by atoms with Crippen molar-refractivity contribution in [1.82, 2.24) is 29.7 Å². The lowest BCUT2D eigenvalue weighted by molar-refractivity contribution is -0.107. The molecule has 0 N–H and O–H groups in total. The monoisotopic (exact) mass is 514 g/mol. The van der Waals surface area contributed by atoms with Crippen LogP contribution in [-0.2, 0) is 4.74 Å². The van der Waals surface area contributed by atoms with Crippen LogP contribution in [0.15, 0.2) is 36.9 Å². The lowest BCUT2D eigenvalue weighted by Gasteiger charge is -2.34. The van der Waals surface area contributed by atoms with E-state index in [0.717, 1.165) is 48.9 Å². The number of ether oxygens (including phenoxy) is 1. The van der Waals surface area contributed by atoms with E-state index in [1.165, 1.54) is 18.5 Å². The number of fused-ring (bicyclic) bond motifs is 1. The highest BCUT2D eigenvalue weighted by Crippen LogP contribution is 2.45. The fourth-order valence-electron chi connectivity index (χ4n) is 4.46. The number of rotatable bonds is 3. The zero-order chi connectivity index (χ0) is 26.2. The van der Waals surface area contributed by atoms with Gasteiger partial charge in [-0.3, -0.25) is 4.68 Å². The highest BCUT2D eigenvalue weighted by Gasteiger charge is 2.46. The topological polar surface area (TPSA) is 78.6 Å². The third-order valence-electron chi connectivity index (χ3n) is 6.68. The van der Waals surface area contributed by atoms with Gasteiger partial charge in [-0.2, -0.15) is 5.10 Å². The Hall–Kier alpha value is -3.47. The molecule has 3 aromatic heterocycles. The van der Waals surface area contributed by atoms with Gasteiger partial charge in [0.25, 0.3) is 5.92 Å². The van der Waals surface area contributed by atoms with Crippen LogP contribution in [0.3, 0.4) is 0 Å². The van der Waals surface area contributed by atoms with Gasteiger partial charge in [0.15, 0.2) is 5.65 Å². The number of aromatic nitrogens is 6. The van der Waals surface area contributed by atoms with Crippen LogP contribution in [0.5, 0.6) is 0 Å². The van der Waals surface area contributed by atoms with Gasteiger partial charge < -0.3 is 4.74 Å². The van der Waals surface area contributed by atoms with Crippen molar-refractivity contribution in [3.63, 3.8) is 0 Å². The lowest BCUT2D eigenvalue weighted by Crippen LogP contribution is -2.37. The molecule has 11 heteroatoms. The molecule has 1 atom stereocenters. The Labute approximate surface area is 210 Å². The first-order valence-electron chi connectivity index (χ1n) is 12.1. The Bertz CT molecular complexity index is 1410. The zero-order valence-electron chi connectivity index (χ0n) is 20.5. The first kappa shape index (κ1) is 25.2. The molecule has 0 amide bonds. The molecule has 1 aliphatic heterocycles. The SMILES string of the molecule is Cc1nc2ncnc(-c3ccc(F)cc3F)c2nc1C.FC1(F)CC(n2cc(C3CCCCO3)cn2)C1. The summed E-state index contributed by atoms with van der Waals surface area (Å²) in [6, 6.07) is 3.20. The highest BCUT2D eigenvalue weighted by molar-refractivity contribution is 5.86. The average Bonchev–Trinajstić information content (AvgIpc) is 3.34. The zero-order valence-corrected chi connectivity index (χ0v) is 20.5. The van der Waals surface area contributed by atoms with Crippen molar-refractivity contribution in [1.29, 1.82) is 0 Å². The van der Waals surface area contributed by atoms with Crippen molar-refractivity contribution in [2.75, 3.05) is 6.61 Å². The largest absolute Gasteiger partial charge is 0.373 e. The summed E-state index contributed by atoms with van der Waals surface area (Å²) < 4.78 is 59.7. The van der Waals surface area contributed by atoms with Gasteiger partial charge in [0.1, 0.15) is 29.2 Å². The average molecular weight is 515 g/mol. The van der Waals surface area contributed by atoms with Gasteiger partial charge in [-0.25, -0.2) is 37.5 Å². The molecular weight excluding hydrogens is 488 g/mol. The van der Waals surface area contributed by atoms with Crippen molar-refractivity contribution < 1.29 is 22.3 Å². The predicted octanol–water partition coefficient (Wildman–Crippen LogP) is 6.08. The lowest BCUT2D eigenvalue weighted by atomic mass is 9.88. The molecule has 1 aromatic carbocycles. The summed E-state index contributed by atoms with van der Waals surface area (Å²) in [5.41, 5.74) is 3.78. The molecule has 4 aromatic rings. The second kappa shape index (κ2) is 10.1. The standard InChI is InChI=1S/C14H10F2N4.C12H16F2N2O/c1-7-8(2)20-14-13(19-7)12(17-6-18-14)10-4-3-9(15)5-11(10)16;13-12(14)5-10(6-12)16-8-9(7-15-16)11-3-1-2-4-17-11/h3-6H,1-2H3;7-8,10-11H,1-6H2. The minimum absolute atomic E-state index is 0.0837. The van der Waals surface area contributed by atoms with Gasteiger partial charge in [0.2, 0.25) is 0 Å². The second-order valence-electron chi connectivity index (χ2n) is 9.44. The quantitative estimate of drug-likeness (QED) is 0.309. The highest BCUT2D eigenvalue weighted by atomic mass is 19.3. The maximum absolute atomic E-state index is 13.9. The van der Waals surface area contributed by atoms with Gasteiger partial charge in [-0.05, 0) is 45.2 Å². The van der Waals surface area contributed by atoms with Crippen molar-refractivity contribution in [2.24, 2.45) is 0 Å². The summed E-state index contributed by atoms with van der Waals surface area (Å²) in [5.74, 6) is -3.81. The van der Waals surface area contributed by atoms with Gasteiger partial charge in [-0.15, -0.1) is 0 Å². The molecule has 2 fully saturated rings. The number of halogens is 4. The summed E-state index contributed by atoms with van der Waals surface area (Å²) >= 11 is 0. The van der Waals surface area contributed by atoms with Crippen molar-refractivity contribution >= 4 is 11.2 Å². The van der Waals surface area contributed by atoms with Crippen LogP contribution < -0.4 is 0 Å². The molecule has 2 aliphatic rings. The molecular formula is C26H26F4N6O. The van der Waals surface area contributed by atoms with Gasteiger partial charge >= 0.3 is 0 Å². The summed E-state index contributed by atoms with van der Waals surface area (Å²) in [6.45, 7) is 4.42. The van der Waals surface area contributed by atoms with Crippen LogP contribution >= 0.6 is 0 Å². The second-order valence-corrected chi connectivity index (χ2v) is 9.44. The molecule has 0 radical (unpaired) electrons. The van der Waals surface area contributed by atoms with E-state index in [-0.39, 0.29) is 30.6 Å². The first-order chi connectivity index (χ1) is 17.7. The maximum atomic E-state index is 13.9. The third kappa shape index (κ3) is 5.46. The summed E-state index contributed by atoms with van der Waals surface area (Å²) in [4.78, 5) is 16.8. The Morgan fingerprint density at radius 1 is 1.03 bits per heavy atom. The fourth-order valence-corrected chi connectivity index (χ4v) is 4.46. The van der Waals surface area contributed by atoms with E-state index in [9.17, 15) is 17.6 Å². The van der Waals surface area contributed by atoms with E-state index in [1.54, 1.807) is 17.8 Å². The van der Waals surface area contributed by atoms with Crippen molar-refractivity contribution in [3.8, 4) is 11.3 Å². The van der Waals surface area contributed by atoms with E-state index >= 15 is 0 Å². The van der Waals surface area contributed by atoms with Crippen molar-refractivity contribution in [2.45, 2.75) is 64.0 Å². The van der Waals surface area contributed by atoms with Crippen LogP contribution in [0.25, 0.3) is 22.4 Å². The van der Waals surface area contributed by atoms with Crippen LogP contribution in [-0.4, -0.2) is 42.2 Å². The molecule has 1 unspecified atom stereocenters. The third-order valence-corrected chi connectivity index (χ3v) is 6.68. The van der Waals surface area contributed by atoms with E-state index in [4.69, 9.17) is 4.74 Å². The number of nitrogens with zero attached hydrogens (tertiary/aromatic N) is 6. The van der Waals surface area contributed by atoms with E-state index < -0.39 is 17.6 Å². The Balaban J connectivity index is 0.000000153. The first-order valence-corrected chi connectivity index (χ1v) is 12.1. The van der Waals surface area contributed by atoms with Crippen LogP contribution in [0, 0.1) is 25.5 Å². The van der Waals surface area contributed by atoms with Crippen LogP contribution in [0.1, 0.15) is 61.2 Å². The van der Waals surface area contributed by atoms with Crippen molar-refractivity contribution in [3.05, 3.63) is 65.5 Å². The Kier molecular flexibility index (Phi) is 6.89. The number of alkyl halides is 2. The van der Waals surface area contributed by atoms with Gasteiger partial charge in [-0.1, -0.05) is 0 Å². The minimum atomic E-state index is -2.49. The Morgan fingerprint density at radius 3 is 2.51 bits per heavy atom. The molecule has 1 aliphatic carbocycles. The number of hydrogen-bond donors (Lipinski definition) is 0. The molecule has 37 heavy (non-hydrogen) atoms. The van der Waals surface area contributed by atoms with Gasteiger partial charge in [0.05, 0.1) is 29.7 Å². The minimum Gasteiger partial charge on any atom is -0.373 e. The fraction of sp³-hybridized carbons (Fsp3) is 0.423. The molecule has 7 nitrogen and oxygen atoms in total. The summed E-state index contributed by atoms with van der Waals surface area (Å²) in [5, 5.41) is 4.18. The molecule has 194 valence electrons. The van der Waals surface area contributed by atoms with E-state index in [2.05, 4.69) is 25.0 Å². The Morgan fingerprint density at radius 2 is 1.81 bits per heavy atom. The summed E-state index contributed by atoms with van der Waals surface area (Å²) in [7, 11) is 0. The molecule has 1 saturated heterocycles. The number of hydrogen-bond acceptors (Lipinski definition) is 6. The predicted molar refractivity (Wildman–Crippen MR) is 128 cm³/mol. The maximum Gasteiger partial charge on any atom is 0.252 e. The van der Waals surface area contributed by atoms with Gasteiger partial charge in [0, 0.05) is 42.8 Å². The molecule has 0 spiro atoms. The van der Waals surface area contributed by atoms with E-state index in [0.29, 0.717) is 16.9 Å². The number of aryl methyl sites for hydroxylation is 2. The molecule has 1 saturated carbocycles.